The van der Waals surface area contributed by atoms with Crippen molar-refractivity contribution >= 4 is 0 Å². The van der Waals surface area contributed by atoms with Gasteiger partial charge in [-0.3, -0.25) is 0 Å². The number of hydrogen-bond donors (Lipinski definition) is 1. The lowest BCUT2D eigenvalue weighted by Gasteiger charge is -2.34. The van der Waals surface area contributed by atoms with E-state index in [1.54, 1.807) is 0 Å². The van der Waals surface area contributed by atoms with Gasteiger partial charge in [0.05, 0.1) is 5.60 Å². The fourth-order valence-corrected chi connectivity index (χ4v) is 2.96. The predicted octanol–water partition coefficient (Wildman–Crippen LogP) is 4.00. The summed E-state index contributed by atoms with van der Waals surface area (Å²) < 4.78 is 5.55. The average Bonchev–Trinajstić information content (AvgIpc) is 2.35. The normalized spacial score (nSPS) is 25.7. The van der Waals surface area contributed by atoms with Crippen LogP contribution in [0.25, 0.3) is 0 Å². The maximum absolute atomic E-state index is 5.55. The van der Waals surface area contributed by atoms with E-state index in [1.807, 2.05) is 7.11 Å². The Labute approximate surface area is 114 Å². The molecular formula is C16H33NO. The molecular weight excluding hydrogens is 222 g/mol. The van der Waals surface area contributed by atoms with Crippen molar-refractivity contribution in [2.45, 2.75) is 77.9 Å². The molecule has 0 bridgehead atoms. The molecule has 2 nitrogen and oxygen atoms in total. The molecule has 0 saturated heterocycles. The maximum atomic E-state index is 5.55. The molecule has 0 radical (unpaired) electrons. The highest BCUT2D eigenvalue weighted by atomic mass is 16.5. The van der Waals surface area contributed by atoms with Gasteiger partial charge >= 0.3 is 0 Å². The van der Waals surface area contributed by atoms with Crippen LogP contribution in [-0.4, -0.2) is 25.3 Å². The fourth-order valence-electron chi connectivity index (χ4n) is 2.96. The van der Waals surface area contributed by atoms with Gasteiger partial charge in [-0.15, -0.1) is 0 Å². The van der Waals surface area contributed by atoms with Gasteiger partial charge in [-0.2, -0.15) is 0 Å². The summed E-state index contributed by atoms with van der Waals surface area (Å²) in [5.74, 6) is 1.79. The SMILES string of the molecule is COC(C)(C)CCC1CCCCC1CNC(C)C. The molecule has 2 atom stereocenters. The first-order valence-electron chi connectivity index (χ1n) is 7.73. The first-order valence-corrected chi connectivity index (χ1v) is 7.73. The molecule has 0 aromatic rings. The quantitative estimate of drug-likeness (QED) is 0.742. The minimum Gasteiger partial charge on any atom is -0.379 e. The lowest BCUT2D eigenvalue weighted by atomic mass is 9.75. The summed E-state index contributed by atoms with van der Waals surface area (Å²) in [6, 6.07) is 0.614. The van der Waals surface area contributed by atoms with Crippen molar-refractivity contribution in [2.24, 2.45) is 11.8 Å². The van der Waals surface area contributed by atoms with Crippen LogP contribution in [0.3, 0.4) is 0 Å². The van der Waals surface area contributed by atoms with E-state index in [0.29, 0.717) is 6.04 Å². The molecule has 0 aromatic carbocycles. The van der Waals surface area contributed by atoms with E-state index in [9.17, 15) is 0 Å². The Morgan fingerprint density at radius 2 is 1.78 bits per heavy atom. The first kappa shape index (κ1) is 16.0. The molecule has 0 aliphatic heterocycles. The molecule has 1 aliphatic carbocycles. The Bertz CT molecular complexity index is 225. The third kappa shape index (κ3) is 5.71. The van der Waals surface area contributed by atoms with Gasteiger partial charge in [0.1, 0.15) is 0 Å². The van der Waals surface area contributed by atoms with Crippen molar-refractivity contribution in [1.82, 2.24) is 5.32 Å². The molecule has 0 spiro atoms. The van der Waals surface area contributed by atoms with Crippen LogP contribution < -0.4 is 5.32 Å². The number of rotatable bonds is 7. The number of nitrogens with one attached hydrogen (secondary N) is 1. The van der Waals surface area contributed by atoms with Crippen LogP contribution >= 0.6 is 0 Å². The standard InChI is InChI=1S/C16H33NO/c1-13(2)17-12-15-9-7-6-8-14(15)10-11-16(3,4)18-5/h13-15,17H,6-12H2,1-5H3. The van der Waals surface area contributed by atoms with E-state index in [1.165, 1.54) is 45.1 Å². The molecule has 108 valence electrons. The van der Waals surface area contributed by atoms with Crippen LogP contribution in [0.1, 0.15) is 66.2 Å². The highest BCUT2D eigenvalue weighted by molar-refractivity contribution is 4.80. The number of methoxy groups -OCH3 is 1. The molecule has 1 rings (SSSR count). The molecule has 1 saturated carbocycles. The Morgan fingerprint density at radius 1 is 1.17 bits per heavy atom. The summed E-state index contributed by atoms with van der Waals surface area (Å²) in [6.07, 6.45) is 8.20. The van der Waals surface area contributed by atoms with Gasteiger partial charge < -0.3 is 10.1 Å². The van der Waals surface area contributed by atoms with Crippen molar-refractivity contribution in [2.75, 3.05) is 13.7 Å². The Hall–Kier alpha value is -0.0800. The van der Waals surface area contributed by atoms with Crippen molar-refractivity contribution in [1.29, 1.82) is 0 Å². The van der Waals surface area contributed by atoms with Gasteiger partial charge in [0.15, 0.2) is 0 Å². The minimum atomic E-state index is 0.0491. The molecule has 18 heavy (non-hydrogen) atoms. The van der Waals surface area contributed by atoms with Crippen molar-refractivity contribution < 1.29 is 4.74 Å². The number of ether oxygens (including phenoxy) is 1. The van der Waals surface area contributed by atoms with Gasteiger partial charge in [0.25, 0.3) is 0 Å². The Balaban J connectivity index is 2.39. The monoisotopic (exact) mass is 255 g/mol. The zero-order valence-electron chi connectivity index (χ0n) is 13.1. The second kappa shape index (κ2) is 7.49. The topological polar surface area (TPSA) is 21.3 Å². The van der Waals surface area contributed by atoms with E-state index < -0.39 is 0 Å². The molecule has 2 heteroatoms. The largest absolute Gasteiger partial charge is 0.379 e. The maximum Gasteiger partial charge on any atom is 0.0622 e. The third-order valence-electron chi connectivity index (χ3n) is 4.52. The first-order chi connectivity index (χ1) is 8.44. The molecule has 1 aliphatic rings. The molecule has 0 aromatic heterocycles. The van der Waals surface area contributed by atoms with E-state index in [0.717, 1.165) is 11.8 Å². The van der Waals surface area contributed by atoms with Gasteiger partial charge in [-0.25, -0.2) is 0 Å². The molecule has 1 fully saturated rings. The highest BCUT2D eigenvalue weighted by Gasteiger charge is 2.27. The van der Waals surface area contributed by atoms with Crippen LogP contribution in [0.4, 0.5) is 0 Å². The smallest absolute Gasteiger partial charge is 0.0622 e. The number of hydrogen-bond acceptors (Lipinski definition) is 2. The molecule has 0 heterocycles. The van der Waals surface area contributed by atoms with E-state index in [-0.39, 0.29) is 5.60 Å². The molecule has 2 unspecified atom stereocenters. The van der Waals surface area contributed by atoms with E-state index in [2.05, 4.69) is 33.0 Å². The lowest BCUT2D eigenvalue weighted by molar-refractivity contribution is 0.00621. The van der Waals surface area contributed by atoms with Gasteiger partial charge in [-0.1, -0.05) is 33.1 Å². The molecule has 0 amide bonds. The zero-order chi connectivity index (χ0) is 13.6. The lowest BCUT2D eigenvalue weighted by Crippen LogP contribution is -2.35. The van der Waals surface area contributed by atoms with Crippen LogP contribution in [0, 0.1) is 11.8 Å². The summed E-state index contributed by atoms with van der Waals surface area (Å²) in [7, 11) is 1.83. The van der Waals surface area contributed by atoms with Crippen LogP contribution in [0.15, 0.2) is 0 Å². The van der Waals surface area contributed by atoms with Crippen molar-refractivity contribution in [3.8, 4) is 0 Å². The zero-order valence-corrected chi connectivity index (χ0v) is 13.1. The van der Waals surface area contributed by atoms with Crippen LogP contribution in [-0.2, 0) is 4.74 Å². The van der Waals surface area contributed by atoms with Gasteiger partial charge in [0.2, 0.25) is 0 Å². The average molecular weight is 255 g/mol. The van der Waals surface area contributed by atoms with Gasteiger partial charge in [-0.05, 0) is 51.5 Å². The van der Waals surface area contributed by atoms with Gasteiger partial charge in [0, 0.05) is 13.2 Å². The van der Waals surface area contributed by atoms with Crippen molar-refractivity contribution in [3.05, 3.63) is 0 Å². The summed E-state index contributed by atoms with van der Waals surface area (Å²) in [5.41, 5.74) is 0.0491. The van der Waals surface area contributed by atoms with Crippen LogP contribution in [0.5, 0.6) is 0 Å². The second-order valence-electron chi connectivity index (χ2n) is 6.87. The summed E-state index contributed by atoms with van der Waals surface area (Å²) >= 11 is 0. The minimum absolute atomic E-state index is 0.0491. The predicted molar refractivity (Wildman–Crippen MR) is 78.9 cm³/mol. The summed E-state index contributed by atoms with van der Waals surface area (Å²) in [5, 5.41) is 3.63. The fraction of sp³-hybridized carbons (Fsp3) is 1.00. The summed E-state index contributed by atoms with van der Waals surface area (Å²) in [6.45, 7) is 10.1. The van der Waals surface area contributed by atoms with Crippen molar-refractivity contribution in [3.63, 3.8) is 0 Å². The Kier molecular flexibility index (Phi) is 6.65. The Morgan fingerprint density at radius 3 is 2.33 bits per heavy atom. The second-order valence-corrected chi connectivity index (χ2v) is 6.87. The van der Waals surface area contributed by atoms with Crippen LogP contribution in [0.2, 0.25) is 0 Å². The third-order valence-corrected chi connectivity index (χ3v) is 4.52. The molecule has 1 N–H and O–H groups in total. The van der Waals surface area contributed by atoms with E-state index >= 15 is 0 Å². The van der Waals surface area contributed by atoms with E-state index in [4.69, 9.17) is 4.74 Å². The highest BCUT2D eigenvalue weighted by Crippen LogP contribution is 2.34. The summed E-state index contributed by atoms with van der Waals surface area (Å²) in [4.78, 5) is 0.